The molecule has 0 spiro atoms. The van der Waals surface area contributed by atoms with E-state index >= 15 is 0 Å². The van der Waals surface area contributed by atoms with E-state index in [4.69, 9.17) is 15.5 Å². The number of hydrogen-bond acceptors (Lipinski definition) is 8. The van der Waals surface area contributed by atoms with E-state index < -0.39 is 31.5 Å². The highest BCUT2D eigenvalue weighted by molar-refractivity contribution is 7.46. The maximum atomic E-state index is 10.9. The molecule has 2 aliphatic carbocycles. The molecule has 0 aromatic carbocycles. The number of nitrogens with zero attached hydrogens (tertiary/aromatic N) is 4. The van der Waals surface area contributed by atoms with E-state index in [1.54, 1.807) is 4.57 Å². The minimum absolute atomic E-state index is 0.210. The summed E-state index contributed by atoms with van der Waals surface area (Å²) in [5.74, 6) is -0.617. The number of imidazole rings is 1. The lowest BCUT2D eigenvalue weighted by Crippen LogP contribution is -2.39. The van der Waals surface area contributed by atoms with Crippen molar-refractivity contribution < 1.29 is 29.1 Å². The van der Waals surface area contributed by atoms with Crippen LogP contribution in [0.3, 0.4) is 0 Å². The van der Waals surface area contributed by atoms with Gasteiger partial charge in [-0.2, -0.15) is 0 Å². The first-order valence-electron chi connectivity index (χ1n) is 7.26. The van der Waals surface area contributed by atoms with Gasteiger partial charge in [0.05, 0.1) is 24.6 Å². The summed E-state index contributed by atoms with van der Waals surface area (Å²) in [5, 5.41) is 20.8. The lowest BCUT2D eigenvalue weighted by atomic mass is 10.0. The predicted octanol–water partition coefficient (Wildman–Crippen LogP) is -1.42. The molecule has 24 heavy (non-hydrogen) atoms. The third-order valence-corrected chi connectivity index (χ3v) is 5.55. The van der Waals surface area contributed by atoms with Crippen molar-refractivity contribution in [3.63, 3.8) is 0 Å². The molecule has 0 radical (unpaired) electrons. The van der Waals surface area contributed by atoms with Gasteiger partial charge in [0, 0.05) is 5.92 Å². The van der Waals surface area contributed by atoms with E-state index in [1.807, 2.05) is 0 Å². The Bertz CT molecular complexity index is 854. The Balaban J connectivity index is 1.69. The zero-order chi connectivity index (χ0) is 17.3. The zero-order valence-corrected chi connectivity index (χ0v) is 13.2. The van der Waals surface area contributed by atoms with Crippen LogP contribution < -0.4 is 5.73 Å². The number of rotatable bonds is 4. The molecule has 130 valence electrons. The van der Waals surface area contributed by atoms with Crippen LogP contribution in [0.5, 0.6) is 0 Å². The summed E-state index contributed by atoms with van der Waals surface area (Å²) in [6.45, 7) is -0.349. The van der Waals surface area contributed by atoms with Crippen molar-refractivity contribution in [2.75, 3.05) is 12.3 Å². The largest absolute Gasteiger partial charge is 0.469 e. The summed E-state index contributed by atoms with van der Waals surface area (Å²) in [4.78, 5) is 29.9. The first kappa shape index (κ1) is 15.9. The van der Waals surface area contributed by atoms with Gasteiger partial charge in [0.2, 0.25) is 0 Å². The zero-order valence-electron chi connectivity index (χ0n) is 12.3. The molecule has 0 bridgehead atoms. The van der Waals surface area contributed by atoms with Gasteiger partial charge in [-0.3, -0.25) is 4.52 Å². The number of aromatic nitrogens is 4. The molecule has 6 N–H and O–H groups in total. The van der Waals surface area contributed by atoms with Crippen molar-refractivity contribution in [3.8, 4) is 0 Å². The van der Waals surface area contributed by atoms with Gasteiger partial charge in [-0.1, -0.05) is 0 Å². The molecule has 0 aliphatic heterocycles. The van der Waals surface area contributed by atoms with Crippen molar-refractivity contribution in [2.45, 2.75) is 24.2 Å². The van der Waals surface area contributed by atoms with Crippen LogP contribution in [0.4, 0.5) is 5.82 Å². The molecule has 0 saturated heterocycles. The lowest BCUT2D eigenvalue weighted by molar-refractivity contribution is -0.0270. The molecule has 2 heterocycles. The summed E-state index contributed by atoms with van der Waals surface area (Å²) in [7, 11) is -4.65. The number of phosphoric acid groups is 1. The quantitative estimate of drug-likeness (QED) is 0.408. The maximum Gasteiger partial charge on any atom is 0.469 e. The Kier molecular flexibility index (Phi) is 3.27. The molecule has 0 amide bonds. The highest BCUT2D eigenvalue weighted by Gasteiger charge is 2.72. The Morgan fingerprint density at radius 2 is 2.12 bits per heavy atom. The fourth-order valence-corrected chi connectivity index (χ4v) is 4.26. The second kappa shape index (κ2) is 4.94. The Morgan fingerprint density at radius 3 is 2.83 bits per heavy atom. The first-order valence-corrected chi connectivity index (χ1v) is 8.79. The SMILES string of the molecule is Nc1ncnc2c1ncn2C12C[C@H]1[C@H](COP(=O)(O)O)[C@@H](O)[C@H]2O. The molecule has 11 nitrogen and oxygen atoms in total. The minimum Gasteiger partial charge on any atom is -0.390 e. The van der Waals surface area contributed by atoms with Gasteiger partial charge >= 0.3 is 7.82 Å². The number of anilines is 1. The summed E-state index contributed by atoms with van der Waals surface area (Å²) in [5.41, 5.74) is 5.76. The third kappa shape index (κ3) is 2.10. The number of hydrogen-bond donors (Lipinski definition) is 5. The molecular formula is C12H16N5O6P. The molecule has 12 heteroatoms. The molecule has 2 fully saturated rings. The van der Waals surface area contributed by atoms with Gasteiger partial charge < -0.3 is 30.3 Å². The van der Waals surface area contributed by atoms with Crippen LogP contribution in [-0.4, -0.2) is 58.3 Å². The van der Waals surface area contributed by atoms with Gasteiger partial charge in [-0.25, -0.2) is 19.5 Å². The topological polar surface area (TPSA) is 177 Å². The van der Waals surface area contributed by atoms with Gasteiger partial charge in [-0.05, 0) is 12.3 Å². The number of nitrogen functional groups attached to an aromatic ring is 1. The molecule has 1 unspecified atom stereocenters. The number of nitrogens with two attached hydrogens (primary N) is 1. The summed E-state index contributed by atoms with van der Waals surface area (Å²) in [6, 6.07) is 0. The molecule has 2 aromatic heterocycles. The van der Waals surface area contributed by atoms with Crippen molar-refractivity contribution in [3.05, 3.63) is 12.7 Å². The van der Waals surface area contributed by atoms with Crippen molar-refractivity contribution in [2.24, 2.45) is 11.8 Å². The number of fused-ring (bicyclic) bond motifs is 2. The number of aliphatic hydroxyl groups is 2. The van der Waals surface area contributed by atoms with E-state index in [0.717, 1.165) is 0 Å². The second-order valence-corrected chi connectivity index (χ2v) is 7.47. The van der Waals surface area contributed by atoms with E-state index in [-0.39, 0.29) is 18.3 Å². The first-order chi connectivity index (χ1) is 11.3. The van der Waals surface area contributed by atoms with Crippen LogP contribution in [-0.2, 0) is 14.6 Å². The highest BCUT2D eigenvalue weighted by atomic mass is 31.2. The van der Waals surface area contributed by atoms with E-state index in [9.17, 15) is 14.8 Å². The lowest BCUT2D eigenvalue weighted by Gasteiger charge is -2.24. The van der Waals surface area contributed by atoms with E-state index in [0.29, 0.717) is 17.6 Å². The van der Waals surface area contributed by atoms with Crippen molar-refractivity contribution in [1.82, 2.24) is 19.5 Å². The fraction of sp³-hybridized carbons (Fsp3) is 0.583. The van der Waals surface area contributed by atoms with Crippen LogP contribution in [0.1, 0.15) is 6.42 Å². The maximum absolute atomic E-state index is 10.9. The summed E-state index contributed by atoms with van der Waals surface area (Å²) >= 11 is 0. The van der Waals surface area contributed by atoms with Gasteiger partial charge in [0.1, 0.15) is 17.9 Å². The van der Waals surface area contributed by atoms with Crippen LogP contribution in [0.25, 0.3) is 11.2 Å². The predicted molar refractivity (Wildman–Crippen MR) is 79.3 cm³/mol. The van der Waals surface area contributed by atoms with Crippen molar-refractivity contribution in [1.29, 1.82) is 0 Å². The van der Waals surface area contributed by atoms with Gasteiger partial charge in [0.15, 0.2) is 11.5 Å². The van der Waals surface area contributed by atoms with E-state index in [2.05, 4.69) is 19.5 Å². The molecule has 2 saturated carbocycles. The minimum atomic E-state index is -4.65. The standard InChI is InChI=1S/C12H16N5O6P/c13-10-7-11(15-3-14-10)17(4-16-7)12-1-6(12)5(8(18)9(12)19)2-23-24(20,21)22/h3-6,8-9,18-19H,1-2H2,(H2,13,14,15)(H2,20,21,22)/t5-,6-,8+,9+,12?/m0/s1. The monoisotopic (exact) mass is 357 g/mol. The van der Waals surface area contributed by atoms with Gasteiger partial charge in [0.25, 0.3) is 0 Å². The molecule has 2 aromatic rings. The van der Waals surface area contributed by atoms with E-state index in [1.165, 1.54) is 12.7 Å². The Hall–Kier alpha value is -1.62. The third-order valence-electron chi connectivity index (χ3n) is 5.07. The average molecular weight is 357 g/mol. The van der Waals surface area contributed by atoms with Crippen molar-refractivity contribution >= 4 is 24.8 Å². The smallest absolute Gasteiger partial charge is 0.390 e. The molecule has 4 rings (SSSR count). The number of phosphoric ester groups is 1. The second-order valence-electron chi connectivity index (χ2n) is 6.23. The van der Waals surface area contributed by atoms with Crippen LogP contribution in [0.2, 0.25) is 0 Å². The Labute approximate surface area is 135 Å². The highest BCUT2D eigenvalue weighted by Crippen LogP contribution is 2.65. The van der Waals surface area contributed by atoms with Crippen LogP contribution in [0, 0.1) is 11.8 Å². The van der Waals surface area contributed by atoms with Crippen LogP contribution >= 0.6 is 7.82 Å². The average Bonchev–Trinajstić information content (AvgIpc) is 3.00. The summed E-state index contributed by atoms with van der Waals surface area (Å²) in [6.07, 6.45) is 0.970. The molecule has 2 aliphatic rings. The molecular weight excluding hydrogens is 341 g/mol. The summed E-state index contributed by atoms with van der Waals surface area (Å²) < 4.78 is 17.1. The number of aliphatic hydroxyl groups excluding tert-OH is 2. The molecule has 5 atom stereocenters. The fourth-order valence-electron chi connectivity index (χ4n) is 3.90. The van der Waals surface area contributed by atoms with Crippen LogP contribution in [0.15, 0.2) is 12.7 Å². The van der Waals surface area contributed by atoms with Gasteiger partial charge in [-0.15, -0.1) is 0 Å². The Morgan fingerprint density at radius 1 is 1.38 bits per heavy atom. The normalized spacial score (nSPS) is 35.3.